The van der Waals surface area contributed by atoms with Crippen molar-refractivity contribution in [3.05, 3.63) is 28.8 Å². The second kappa shape index (κ2) is 8.42. The third kappa shape index (κ3) is 4.23. The molecule has 1 aromatic rings. The number of hydrogen-bond acceptors (Lipinski definition) is 4. The van der Waals surface area contributed by atoms with Crippen molar-refractivity contribution in [3.8, 4) is 5.75 Å². The Morgan fingerprint density at radius 2 is 2.30 bits per heavy atom. The molecule has 2 unspecified atom stereocenters. The molecule has 2 atom stereocenters. The first kappa shape index (κ1) is 16.3. The molecule has 1 N–H and O–H groups in total. The van der Waals surface area contributed by atoms with Gasteiger partial charge in [-0.2, -0.15) is 23.5 Å². The Kier molecular flexibility index (Phi) is 6.88. The fourth-order valence-electron chi connectivity index (χ4n) is 2.39. The summed E-state index contributed by atoms with van der Waals surface area (Å²) in [5.41, 5.74) is 1.19. The van der Waals surface area contributed by atoms with Crippen LogP contribution < -0.4 is 10.1 Å². The van der Waals surface area contributed by atoms with Gasteiger partial charge >= 0.3 is 0 Å². The van der Waals surface area contributed by atoms with Crippen LogP contribution in [0.3, 0.4) is 0 Å². The van der Waals surface area contributed by atoms with Crippen molar-refractivity contribution in [1.82, 2.24) is 5.32 Å². The minimum atomic E-state index is 0.307. The summed E-state index contributed by atoms with van der Waals surface area (Å²) in [5, 5.41) is 5.04. The highest BCUT2D eigenvalue weighted by Crippen LogP contribution is 2.38. The van der Waals surface area contributed by atoms with Gasteiger partial charge in [-0.1, -0.05) is 18.5 Å². The molecule has 112 valence electrons. The first-order valence-corrected chi connectivity index (χ1v) is 9.60. The van der Waals surface area contributed by atoms with Crippen LogP contribution in [0.15, 0.2) is 18.2 Å². The molecule has 2 rings (SSSR count). The number of halogens is 1. The van der Waals surface area contributed by atoms with Crippen LogP contribution in [0.4, 0.5) is 0 Å². The van der Waals surface area contributed by atoms with Gasteiger partial charge in [0.25, 0.3) is 0 Å². The zero-order valence-electron chi connectivity index (χ0n) is 12.0. The molecule has 20 heavy (non-hydrogen) atoms. The minimum absolute atomic E-state index is 0.307. The van der Waals surface area contributed by atoms with Crippen LogP contribution in [0.25, 0.3) is 0 Å². The summed E-state index contributed by atoms with van der Waals surface area (Å²) in [6.07, 6.45) is 1.13. The lowest BCUT2D eigenvalue weighted by Gasteiger charge is -2.31. The van der Waals surface area contributed by atoms with Gasteiger partial charge in [0, 0.05) is 39.1 Å². The fourth-order valence-corrected chi connectivity index (χ4v) is 5.43. The summed E-state index contributed by atoms with van der Waals surface area (Å²) in [6, 6.07) is 6.22. The maximum absolute atomic E-state index is 6.20. The van der Waals surface area contributed by atoms with Gasteiger partial charge in [0.05, 0.1) is 7.11 Å². The molecule has 2 nitrogen and oxygen atoms in total. The third-order valence-corrected chi connectivity index (χ3v) is 6.45. The van der Waals surface area contributed by atoms with Crippen molar-refractivity contribution < 1.29 is 4.74 Å². The topological polar surface area (TPSA) is 21.3 Å². The van der Waals surface area contributed by atoms with E-state index < -0.39 is 0 Å². The number of rotatable bonds is 6. The molecule has 0 spiro atoms. The monoisotopic (exact) mass is 331 g/mol. The number of methoxy groups -OCH3 is 1. The summed E-state index contributed by atoms with van der Waals surface area (Å²) < 4.78 is 5.54. The summed E-state index contributed by atoms with van der Waals surface area (Å²) in [6.45, 7) is 3.21. The van der Waals surface area contributed by atoms with Crippen molar-refractivity contribution in [3.63, 3.8) is 0 Å². The van der Waals surface area contributed by atoms with Gasteiger partial charge in [0.15, 0.2) is 0 Å². The molecule has 0 radical (unpaired) electrons. The molecule has 1 aromatic carbocycles. The van der Waals surface area contributed by atoms with Crippen LogP contribution in [0, 0.1) is 0 Å². The SMILES string of the molecule is CCCNC(c1cc(Cl)ccc1OC)C1CSCCS1. The van der Waals surface area contributed by atoms with Crippen LogP contribution in [-0.4, -0.2) is 36.2 Å². The maximum atomic E-state index is 6.20. The maximum Gasteiger partial charge on any atom is 0.123 e. The van der Waals surface area contributed by atoms with E-state index >= 15 is 0 Å². The van der Waals surface area contributed by atoms with E-state index in [0.717, 1.165) is 23.7 Å². The van der Waals surface area contributed by atoms with Crippen LogP contribution in [0.2, 0.25) is 5.02 Å². The molecule has 5 heteroatoms. The zero-order valence-corrected chi connectivity index (χ0v) is 14.4. The largest absolute Gasteiger partial charge is 0.496 e. The number of thioether (sulfide) groups is 2. The Bertz CT molecular complexity index is 424. The Hall–Kier alpha value is -0.0300. The van der Waals surface area contributed by atoms with Gasteiger partial charge in [-0.25, -0.2) is 0 Å². The smallest absolute Gasteiger partial charge is 0.123 e. The van der Waals surface area contributed by atoms with E-state index in [0.29, 0.717) is 11.3 Å². The molecule has 1 saturated heterocycles. The van der Waals surface area contributed by atoms with E-state index in [1.54, 1.807) is 7.11 Å². The molecule has 0 aliphatic carbocycles. The van der Waals surface area contributed by atoms with Gasteiger partial charge in [-0.15, -0.1) is 0 Å². The average Bonchev–Trinajstić information content (AvgIpc) is 2.49. The van der Waals surface area contributed by atoms with Gasteiger partial charge < -0.3 is 10.1 Å². The highest BCUT2D eigenvalue weighted by atomic mass is 35.5. The van der Waals surface area contributed by atoms with Crippen molar-refractivity contribution >= 4 is 35.1 Å². The Labute approximate surface area is 135 Å². The van der Waals surface area contributed by atoms with Crippen LogP contribution in [-0.2, 0) is 0 Å². The first-order valence-electron chi connectivity index (χ1n) is 7.02. The Morgan fingerprint density at radius 1 is 1.45 bits per heavy atom. The number of nitrogens with one attached hydrogen (secondary N) is 1. The van der Waals surface area contributed by atoms with E-state index in [-0.39, 0.29) is 0 Å². The van der Waals surface area contributed by atoms with Gasteiger partial charge in [0.1, 0.15) is 5.75 Å². The van der Waals surface area contributed by atoms with Gasteiger partial charge in [-0.05, 0) is 31.2 Å². The van der Waals surface area contributed by atoms with Crippen molar-refractivity contribution in [2.24, 2.45) is 0 Å². The molecule has 1 fully saturated rings. The predicted molar refractivity (Wildman–Crippen MR) is 92.6 cm³/mol. The Balaban J connectivity index is 2.26. The standard InChI is InChI=1S/C15H22ClNOS2/c1-3-6-17-15(14-10-19-7-8-20-14)12-9-11(16)4-5-13(12)18-2/h4-5,9,14-15,17H,3,6-8,10H2,1-2H3. The van der Waals surface area contributed by atoms with E-state index in [9.17, 15) is 0 Å². The zero-order chi connectivity index (χ0) is 14.4. The highest BCUT2D eigenvalue weighted by molar-refractivity contribution is 8.06. The van der Waals surface area contributed by atoms with Crippen molar-refractivity contribution in [1.29, 1.82) is 0 Å². The first-order chi connectivity index (χ1) is 9.76. The number of benzene rings is 1. The van der Waals surface area contributed by atoms with Crippen LogP contribution in [0.1, 0.15) is 24.9 Å². The van der Waals surface area contributed by atoms with Crippen molar-refractivity contribution in [2.75, 3.05) is 30.9 Å². The van der Waals surface area contributed by atoms with Crippen LogP contribution in [0.5, 0.6) is 5.75 Å². The molecule has 1 aliphatic heterocycles. The summed E-state index contributed by atoms with van der Waals surface area (Å²) in [7, 11) is 1.73. The van der Waals surface area contributed by atoms with Gasteiger partial charge in [0.2, 0.25) is 0 Å². The average molecular weight is 332 g/mol. The van der Waals surface area contributed by atoms with Gasteiger partial charge in [-0.3, -0.25) is 0 Å². The Morgan fingerprint density at radius 3 is 2.95 bits per heavy atom. The minimum Gasteiger partial charge on any atom is -0.496 e. The van der Waals surface area contributed by atoms with E-state index in [2.05, 4.69) is 24.0 Å². The predicted octanol–water partition coefficient (Wildman–Crippen LogP) is 4.24. The quantitative estimate of drug-likeness (QED) is 0.841. The molecule has 0 aromatic heterocycles. The van der Waals surface area contributed by atoms with E-state index in [4.69, 9.17) is 16.3 Å². The van der Waals surface area contributed by atoms with Crippen LogP contribution >= 0.6 is 35.1 Å². The lowest BCUT2D eigenvalue weighted by molar-refractivity contribution is 0.398. The van der Waals surface area contributed by atoms with E-state index in [1.165, 1.54) is 22.8 Å². The molecule has 1 aliphatic rings. The molecule has 0 saturated carbocycles. The summed E-state index contributed by atoms with van der Waals surface area (Å²) in [5.74, 6) is 4.60. The molecular weight excluding hydrogens is 310 g/mol. The molecule has 0 bridgehead atoms. The second-order valence-electron chi connectivity index (χ2n) is 4.80. The second-order valence-corrected chi connectivity index (χ2v) is 7.74. The lowest BCUT2D eigenvalue weighted by atomic mass is 10.0. The summed E-state index contributed by atoms with van der Waals surface area (Å²) in [4.78, 5) is 0. The molecule has 0 amide bonds. The number of hydrogen-bond donors (Lipinski definition) is 1. The fraction of sp³-hybridized carbons (Fsp3) is 0.600. The van der Waals surface area contributed by atoms with E-state index in [1.807, 2.05) is 30.0 Å². The third-order valence-electron chi connectivity index (χ3n) is 3.35. The van der Waals surface area contributed by atoms with Crippen molar-refractivity contribution in [2.45, 2.75) is 24.6 Å². The lowest BCUT2D eigenvalue weighted by Crippen LogP contribution is -2.34. The summed E-state index contributed by atoms with van der Waals surface area (Å²) >= 11 is 10.3. The highest BCUT2D eigenvalue weighted by Gasteiger charge is 2.27. The normalized spacial score (nSPS) is 20.6. The molecule has 1 heterocycles. The number of ether oxygens (including phenoxy) is 1. The molecular formula is C15H22ClNOS2.